The summed E-state index contributed by atoms with van der Waals surface area (Å²) in [5.41, 5.74) is 10.8. The van der Waals surface area contributed by atoms with Crippen LogP contribution in [-0.4, -0.2) is 72.7 Å². The molecule has 0 N–H and O–H groups in total. The molecule has 0 saturated carbocycles. The lowest BCUT2D eigenvalue weighted by Gasteiger charge is -2.11. The summed E-state index contributed by atoms with van der Waals surface area (Å²) in [7, 11) is 2.74. The Kier molecular flexibility index (Phi) is 9.28. The fraction of sp³-hybridized carbons (Fsp3) is 0.444. The van der Waals surface area contributed by atoms with Crippen LogP contribution in [0.5, 0.6) is 0 Å². The Bertz CT molecular complexity index is 1790. The number of ether oxygens (including phenoxy) is 2. The standard InChI is InChI=1S/C36H40N4O6/c1-17-23(9-11-33(43)45-7)29-16-30-24(10-12-34(44)46-8)18(2)26(38-30)14-31-36(22(6)42)20(4)28(40-31)15-32-35(21(5)41)19(3)27(39-32)13-25(17)37-29/h13-14,27,31H,9-12,15-16H2,1-8H3/b25-13-,26-14-. The molecule has 240 valence electrons. The lowest BCUT2D eigenvalue weighted by molar-refractivity contribution is -0.141. The van der Waals surface area contributed by atoms with E-state index in [0.29, 0.717) is 48.2 Å². The number of ketones is 2. The molecule has 2 atom stereocenters. The zero-order valence-electron chi connectivity index (χ0n) is 27.8. The van der Waals surface area contributed by atoms with Crippen molar-refractivity contribution in [2.75, 3.05) is 14.2 Å². The molecule has 0 aliphatic carbocycles. The van der Waals surface area contributed by atoms with Gasteiger partial charge in [-0.1, -0.05) is 0 Å². The van der Waals surface area contributed by atoms with E-state index in [4.69, 9.17) is 29.4 Å². The summed E-state index contributed by atoms with van der Waals surface area (Å²) in [6.45, 7) is 10.9. The summed E-state index contributed by atoms with van der Waals surface area (Å²) in [6.07, 6.45) is 5.81. The van der Waals surface area contributed by atoms with Crippen molar-refractivity contribution in [2.45, 2.75) is 92.2 Å². The number of hydrogen-bond acceptors (Lipinski definition) is 10. The highest BCUT2D eigenvalue weighted by Gasteiger charge is 2.35. The maximum absolute atomic E-state index is 12.9. The molecular formula is C36H40N4O6. The maximum atomic E-state index is 12.9. The largest absolute Gasteiger partial charge is 0.469 e. The fourth-order valence-electron chi connectivity index (χ4n) is 6.85. The quantitative estimate of drug-likeness (QED) is 0.329. The molecule has 0 fully saturated rings. The number of methoxy groups -OCH3 is 2. The molecule has 46 heavy (non-hydrogen) atoms. The number of rotatable bonds is 8. The third-order valence-corrected chi connectivity index (χ3v) is 9.38. The first-order valence-corrected chi connectivity index (χ1v) is 15.5. The van der Waals surface area contributed by atoms with Gasteiger partial charge in [0.15, 0.2) is 11.6 Å². The van der Waals surface area contributed by atoms with Crippen LogP contribution in [-0.2, 0) is 28.7 Å². The minimum atomic E-state index is -0.549. The highest BCUT2D eigenvalue weighted by molar-refractivity contribution is 6.30. The van der Waals surface area contributed by atoms with Crippen LogP contribution < -0.4 is 0 Å². The number of nitrogens with zero attached hydrogens (tertiary/aromatic N) is 4. The zero-order chi connectivity index (χ0) is 33.4. The number of fused-ring (bicyclic) bond motifs is 4. The van der Waals surface area contributed by atoms with E-state index < -0.39 is 12.1 Å². The number of esters is 2. The number of Topliss-reactive ketones (excluding diaryl/α,β-unsaturated/α-hetero) is 2. The lowest BCUT2D eigenvalue weighted by Crippen LogP contribution is -2.14. The first-order chi connectivity index (χ1) is 21.8. The van der Waals surface area contributed by atoms with Crippen molar-refractivity contribution in [2.24, 2.45) is 20.0 Å². The predicted molar refractivity (Wildman–Crippen MR) is 177 cm³/mol. The second-order valence-corrected chi connectivity index (χ2v) is 12.2. The number of hydrogen-bond donors (Lipinski definition) is 0. The fourth-order valence-corrected chi connectivity index (χ4v) is 6.85. The Labute approximate surface area is 269 Å². The molecule has 0 amide bonds. The van der Waals surface area contributed by atoms with Gasteiger partial charge in [0.25, 0.3) is 0 Å². The number of allylic oxidation sites excluding steroid dienone is 6. The minimum absolute atomic E-state index is 0.0739. The normalized spacial score (nSPS) is 24.7. The second kappa shape index (κ2) is 13.0. The van der Waals surface area contributed by atoms with Crippen molar-refractivity contribution >= 4 is 46.4 Å². The van der Waals surface area contributed by atoms with Crippen molar-refractivity contribution in [1.29, 1.82) is 0 Å². The van der Waals surface area contributed by atoms with Gasteiger partial charge >= 0.3 is 11.9 Å². The van der Waals surface area contributed by atoms with E-state index >= 15 is 0 Å². The molecule has 5 aliphatic heterocycles. The monoisotopic (exact) mass is 624 g/mol. The molecule has 0 aromatic carbocycles. The molecule has 5 rings (SSSR count). The van der Waals surface area contributed by atoms with Crippen molar-refractivity contribution in [3.05, 3.63) is 68.1 Å². The summed E-state index contributed by atoms with van der Waals surface area (Å²) in [5.74, 6) is -0.789. The summed E-state index contributed by atoms with van der Waals surface area (Å²) in [6, 6.07) is -0.953. The summed E-state index contributed by atoms with van der Waals surface area (Å²) in [5, 5.41) is 0. The molecule has 5 aliphatic rings. The average molecular weight is 625 g/mol. The summed E-state index contributed by atoms with van der Waals surface area (Å²) >= 11 is 0. The Hall–Kier alpha value is -4.60. The van der Waals surface area contributed by atoms with Gasteiger partial charge in [-0.15, -0.1) is 0 Å². The van der Waals surface area contributed by atoms with E-state index in [1.165, 1.54) is 14.2 Å². The van der Waals surface area contributed by atoms with Gasteiger partial charge in [-0.25, -0.2) is 0 Å². The average Bonchev–Trinajstić information content (AvgIpc) is 3.67. The molecule has 2 unspecified atom stereocenters. The Balaban J connectivity index is 1.70. The van der Waals surface area contributed by atoms with E-state index in [1.807, 2.05) is 39.8 Å². The molecule has 5 heterocycles. The van der Waals surface area contributed by atoms with Crippen LogP contribution in [0.3, 0.4) is 0 Å². The molecule has 10 heteroatoms. The number of aliphatic imine (C=N–C) groups is 4. The first-order valence-electron chi connectivity index (χ1n) is 15.5. The highest BCUT2D eigenvalue weighted by Crippen LogP contribution is 2.38. The van der Waals surface area contributed by atoms with Crippen molar-refractivity contribution in [1.82, 2.24) is 0 Å². The van der Waals surface area contributed by atoms with Gasteiger partial charge in [0.1, 0.15) is 0 Å². The van der Waals surface area contributed by atoms with Gasteiger partial charge in [0, 0.05) is 42.5 Å². The summed E-state index contributed by atoms with van der Waals surface area (Å²) in [4.78, 5) is 70.3. The molecule has 10 nitrogen and oxygen atoms in total. The van der Waals surface area contributed by atoms with Crippen LogP contribution in [0.1, 0.15) is 80.1 Å². The maximum Gasteiger partial charge on any atom is 0.305 e. The number of carbonyl (C=O) groups excluding carboxylic acids is 4. The third kappa shape index (κ3) is 6.12. The van der Waals surface area contributed by atoms with E-state index in [1.54, 1.807) is 13.8 Å². The zero-order valence-corrected chi connectivity index (χ0v) is 27.8. The molecular weight excluding hydrogens is 584 g/mol. The van der Waals surface area contributed by atoms with Crippen molar-refractivity contribution < 1.29 is 28.7 Å². The van der Waals surface area contributed by atoms with Crippen LogP contribution >= 0.6 is 0 Å². The Morgan fingerprint density at radius 1 is 0.674 bits per heavy atom. The highest BCUT2D eigenvalue weighted by atomic mass is 16.5. The van der Waals surface area contributed by atoms with Gasteiger partial charge in [0.2, 0.25) is 0 Å². The van der Waals surface area contributed by atoms with Crippen molar-refractivity contribution in [3.63, 3.8) is 0 Å². The smallest absolute Gasteiger partial charge is 0.305 e. The Morgan fingerprint density at radius 2 is 1.15 bits per heavy atom. The van der Waals surface area contributed by atoms with Crippen LogP contribution in [0.15, 0.2) is 88.1 Å². The Morgan fingerprint density at radius 3 is 1.63 bits per heavy atom. The van der Waals surface area contributed by atoms with E-state index in [0.717, 1.165) is 56.3 Å². The first kappa shape index (κ1) is 32.8. The van der Waals surface area contributed by atoms with E-state index in [2.05, 4.69) is 0 Å². The minimum Gasteiger partial charge on any atom is -0.469 e. The molecule has 0 aromatic heterocycles. The van der Waals surface area contributed by atoms with Crippen LogP contribution in [0.2, 0.25) is 0 Å². The molecule has 0 saturated heterocycles. The van der Waals surface area contributed by atoms with Gasteiger partial charge in [-0.2, -0.15) is 0 Å². The number of carbonyl (C=O) groups is 4. The second-order valence-electron chi connectivity index (χ2n) is 12.2. The third-order valence-electron chi connectivity index (χ3n) is 9.38. The van der Waals surface area contributed by atoms with Gasteiger partial charge < -0.3 is 9.47 Å². The van der Waals surface area contributed by atoms with Gasteiger partial charge in [0.05, 0.1) is 54.8 Å². The van der Waals surface area contributed by atoms with Crippen molar-refractivity contribution in [3.8, 4) is 0 Å². The predicted octanol–water partition coefficient (Wildman–Crippen LogP) is 5.45. The van der Waals surface area contributed by atoms with Gasteiger partial charge in [-0.3, -0.25) is 39.1 Å². The van der Waals surface area contributed by atoms with Crippen LogP contribution in [0.4, 0.5) is 0 Å². The molecule has 0 spiro atoms. The van der Waals surface area contributed by atoms with E-state index in [9.17, 15) is 19.2 Å². The topological polar surface area (TPSA) is 136 Å². The molecule has 8 bridgehead atoms. The SMILES string of the molecule is COC(=O)CCC1=C(C)/C2=C/C3N=C(CC4=NC(/C=C5\N=C(CC1=N2)C(CCC(=O)OC)=C5C)C(C(C)=O)=C4C)C(C(C)=O)=C3C. The van der Waals surface area contributed by atoms with Gasteiger partial charge in [-0.05, 0) is 100.0 Å². The van der Waals surface area contributed by atoms with E-state index in [-0.39, 0.29) is 36.3 Å². The molecule has 0 aromatic rings. The van der Waals surface area contributed by atoms with Crippen LogP contribution in [0, 0.1) is 0 Å². The lowest BCUT2D eigenvalue weighted by atomic mass is 9.92. The summed E-state index contributed by atoms with van der Waals surface area (Å²) < 4.78 is 9.86. The van der Waals surface area contributed by atoms with Crippen LogP contribution in [0.25, 0.3) is 0 Å². The molecule has 0 radical (unpaired) electrons.